The van der Waals surface area contributed by atoms with Crippen LogP contribution < -0.4 is 11.1 Å². The molecule has 21 heavy (non-hydrogen) atoms. The van der Waals surface area contributed by atoms with Crippen molar-refractivity contribution in [3.8, 4) is 0 Å². The molecule has 0 aliphatic heterocycles. The molecule has 1 atom stereocenters. The fourth-order valence-corrected chi connectivity index (χ4v) is 1.54. The number of nitrogens with two attached hydrogens (primary N) is 1. The Morgan fingerprint density at radius 2 is 1.86 bits per heavy atom. The van der Waals surface area contributed by atoms with E-state index < -0.39 is 24.0 Å². The largest absolute Gasteiger partial charge is 0.464 e. The summed E-state index contributed by atoms with van der Waals surface area (Å²) in [5.41, 5.74) is 5.83. The molecule has 0 aliphatic rings. The Bertz CT molecular complexity index is 489. The van der Waals surface area contributed by atoms with Gasteiger partial charge in [0.05, 0.1) is 13.0 Å². The van der Waals surface area contributed by atoms with Gasteiger partial charge < -0.3 is 20.5 Å². The number of carbonyl (C=O) groups is 3. The van der Waals surface area contributed by atoms with E-state index >= 15 is 0 Å². The zero-order valence-electron chi connectivity index (χ0n) is 11.7. The first-order valence-electron chi connectivity index (χ1n) is 6.45. The van der Waals surface area contributed by atoms with Gasteiger partial charge in [-0.25, -0.2) is 9.59 Å². The maximum absolute atomic E-state index is 11.6. The third-order valence-electron chi connectivity index (χ3n) is 2.48. The number of amides is 2. The lowest BCUT2D eigenvalue weighted by atomic mass is 10.2. The van der Waals surface area contributed by atoms with Crippen molar-refractivity contribution < 1.29 is 23.9 Å². The molecular weight excluding hydrogens is 276 g/mol. The lowest BCUT2D eigenvalue weighted by Gasteiger charge is -2.15. The summed E-state index contributed by atoms with van der Waals surface area (Å²) in [6, 6.07) is 7.90. The standard InChI is InChI=1S/C14H18N2O5/c1-2-20-13(18)11(8-12(15)17)16-14(19)21-9-10-6-4-3-5-7-10/h3-7,11H,2,8-9H2,1H3,(H2,15,17)(H,16,19). The van der Waals surface area contributed by atoms with Crippen LogP contribution >= 0.6 is 0 Å². The summed E-state index contributed by atoms with van der Waals surface area (Å²) in [5.74, 6) is -1.45. The monoisotopic (exact) mass is 294 g/mol. The lowest BCUT2D eigenvalue weighted by Crippen LogP contribution is -2.44. The first kappa shape index (κ1) is 16.5. The molecule has 0 aromatic heterocycles. The van der Waals surface area contributed by atoms with Gasteiger partial charge in [0.25, 0.3) is 0 Å². The van der Waals surface area contributed by atoms with Crippen molar-refractivity contribution in [2.24, 2.45) is 5.73 Å². The van der Waals surface area contributed by atoms with Gasteiger partial charge >= 0.3 is 12.1 Å². The number of rotatable bonds is 7. The van der Waals surface area contributed by atoms with Gasteiger partial charge in [0.2, 0.25) is 5.91 Å². The van der Waals surface area contributed by atoms with Crippen molar-refractivity contribution in [1.29, 1.82) is 0 Å². The fourth-order valence-electron chi connectivity index (χ4n) is 1.54. The Hall–Kier alpha value is -2.57. The number of carbonyl (C=O) groups excluding carboxylic acids is 3. The van der Waals surface area contributed by atoms with Crippen molar-refractivity contribution in [3.05, 3.63) is 35.9 Å². The highest BCUT2D eigenvalue weighted by atomic mass is 16.6. The van der Waals surface area contributed by atoms with E-state index in [4.69, 9.17) is 15.2 Å². The van der Waals surface area contributed by atoms with Gasteiger partial charge in [0.15, 0.2) is 0 Å². The van der Waals surface area contributed by atoms with Gasteiger partial charge in [-0.05, 0) is 12.5 Å². The van der Waals surface area contributed by atoms with Crippen LogP contribution in [0.1, 0.15) is 18.9 Å². The van der Waals surface area contributed by atoms with E-state index in [-0.39, 0.29) is 19.6 Å². The van der Waals surface area contributed by atoms with E-state index in [1.807, 2.05) is 18.2 Å². The number of nitrogens with one attached hydrogen (secondary N) is 1. The van der Waals surface area contributed by atoms with Crippen LogP contribution in [0.15, 0.2) is 30.3 Å². The molecule has 1 rings (SSSR count). The molecular formula is C14H18N2O5. The number of ether oxygens (including phenoxy) is 2. The highest BCUT2D eigenvalue weighted by Crippen LogP contribution is 2.02. The van der Waals surface area contributed by atoms with Crippen LogP contribution in [0.4, 0.5) is 4.79 Å². The predicted octanol–water partition coefficient (Wildman–Crippen LogP) is 0.720. The number of primary amides is 1. The molecule has 0 aliphatic carbocycles. The van der Waals surface area contributed by atoms with E-state index in [0.29, 0.717) is 0 Å². The summed E-state index contributed by atoms with van der Waals surface area (Å²) in [6.45, 7) is 1.81. The molecule has 1 aromatic rings. The van der Waals surface area contributed by atoms with Crippen LogP contribution in [0.5, 0.6) is 0 Å². The van der Waals surface area contributed by atoms with Gasteiger partial charge in [-0.15, -0.1) is 0 Å². The minimum absolute atomic E-state index is 0.0544. The molecule has 7 nitrogen and oxygen atoms in total. The molecule has 1 aromatic carbocycles. The topological polar surface area (TPSA) is 108 Å². The van der Waals surface area contributed by atoms with Gasteiger partial charge in [-0.2, -0.15) is 0 Å². The van der Waals surface area contributed by atoms with E-state index in [9.17, 15) is 14.4 Å². The quantitative estimate of drug-likeness (QED) is 0.720. The number of hydrogen-bond donors (Lipinski definition) is 2. The molecule has 1 unspecified atom stereocenters. The first-order chi connectivity index (χ1) is 10.0. The molecule has 3 N–H and O–H groups in total. The highest BCUT2D eigenvalue weighted by Gasteiger charge is 2.24. The Balaban J connectivity index is 2.51. The molecule has 0 fully saturated rings. The zero-order valence-corrected chi connectivity index (χ0v) is 11.7. The van der Waals surface area contributed by atoms with Gasteiger partial charge in [0, 0.05) is 0 Å². The summed E-state index contributed by atoms with van der Waals surface area (Å²) in [4.78, 5) is 34.1. The van der Waals surface area contributed by atoms with Gasteiger partial charge in [-0.3, -0.25) is 4.79 Å². The molecule has 7 heteroatoms. The second kappa shape index (κ2) is 8.57. The van der Waals surface area contributed by atoms with Crippen LogP contribution in [0, 0.1) is 0 Å². The molecule has 0 radical (unpaired) electrons. The lowest BCUT2D eigenvalue weighted by molar-refractivity contribution is -0.146. The molecule has 114 valence electrons. The number of benzene rings is 1. The zero-order chi connectivity index (χ0) is 15.7. The summed E-state index contributed by atoms with van der Waals surface area (Å²) in [7, 11) is 0. The average molecular weight is 294 g/mol. The Kier molecular flexibility index (Phi) is 6.73. The maximum atomic E-state index is 11.6. The smallest absolute Gasteiger partial charge is 0.408 e. The molecule has 0 saturated carbocycles. The molecule has 0 heterocycles. The highest BCUT2D eigenvalue weighted by molar-refractivity contribution is 5.87. The van der Waals surface area contributed by atoms with Crippen molar-refractivity contribution in [3.63, 3.8) is 0 Å². The van der Waals surface area contributed by atoms with Crippen LogP contribution in [0.2, 0.25) is 0 Å². The molecule has 0 spiro atoms. The van der Waals surface area contributed by atoms with Crippen molar-refractivity contribution in [2.45, 2.75) is 26.0 Å². The summed E-state index contributed by atoms with van der Waals surface area (Å²) in [5, 5.41) is 2.27. The second-order valence-electron chi connectivity index (χ2n) is 4.18. The van der Waals surface area contributed by atoms with Gasteiger partial charge in [-0.1, -0.05) is 30.3 Å². The van der Waals surface area contributed by atoms with Crippen LogP contribution in [-0.2, 0) is 25.7 Å². The first-order valence-corrected chi connectivity index (χ1v) is 6.45. The van der Waals surface area contributed by atoms with Crippen molar-refractivity contribution in [2.75, 3.05) is 6.61 Å². The summed E-state index contributed by atoms with van der Waals surface area (Å²) < 4.78 is 9.71. The number of alkyl carbamates (subject to hydrolysis) is 1. The van der Waals surface area contributed by atoms with Gasteiger partial charge in [0.1, 0.15) is 12.6 Å². The average Bonchev–Trinajstić information content (AvgIpc) is 2.45. The fraction of sp³-hybridized carbons (Fsp3) is 0.357. The Morgan fingerprint density at radius 1 is 1.19 bits per heavy atom. The second-order valence-corrected chi connectivity index (χ2v) is 4.18. The Labute approximate surface area is 122 Å². The molecule has 0 bridgehead atoms. The number of esters is 1. The van der Waals surface area contributed by atoms with E-state index in [1.165, 1.54) is 0 Å². The Morgan fingerprint density at radius 3 is 2.43 bits per heavy atom. The van der Waals surface area contributed by atoms with Crippen molar-refractivity contribution >= 4 is 18.0 Å². The minimum atomic E-state index is -1.15. The summed E-state index contributed by atoms with van der Waals surface area (Å²) in [6.07, 6.45) is -1.17. The van der Waals surface area contributed by atoms with E-state index in [2.05, 4.69) is 5.32 Å². The van der Waals surface area contributed by atoms with Crippen LogP contribution in [0.25, 0.3) is 0 Å². The van der Waals surface area contributed by atoms with E-state index in [1.54, 1.807) is 19.1 Å². The summed E-state index contributed by atoms with van der Waals surface area (Å²) >= 11 is 0. The third kappa shape index (κ3) is 6.42. The number of hydrogen-bond acceptors (Lipinski definition) is 5. The normalized spacial score (nSPS) is 11.3. The maximum Gasteiger partial charge on any atom is 0.408 e. The van der Waals surface area contributed by atoms with Crippen LogP contribution in [-0.4, -0.2) is 30.6 Å². The molecule has 2 amide bonds. The van der Waals surface area contributed by atoms with Crippen LogP contribution in [0.3, 0.4) is 0 Å². The SMILES string of the molecule is CCOC(=O)C(CC(N)=O)NC(=O)OCc1ccccc1. The molecule has 0 saturated heterocycles. The minimum Gasteiger partial charge on any atom is -0.464 e. The van der Waals surface area contributed by atoms with E-state index in [0.717, 1.165) is 5.56 Å². The van der Waals surface area contributed by atoms with Crippen molar-refractivity contribution in [1.82, 2.24) is 5.32 Å². The predicted molar refractivity (Wildman–Crippen MR) is 74.0 cm³/mol. The third-order valence-corrected chi connectivity index (χ3v) is 2.48.